The first-order valence-corrected chi connectivity index (χ1v) is 8.00. The van der Waals surface area contributed by atoms with E-state index in [2.05, 4.69) is 10.6 Å². The largest absolute Gasteiger partial charge is 0.326 e. The maximum atomic E-state index is 12.7. The molecule has 0 atom stereocenters. The van der Waals surface area contributed by atoms with E-state index in [1.165, 1.54) is 4.68 Å². The molecule has 0 saturated carbocycles. The molecule has 1 heterocycles. The quantitative estimate of drug-likeness (QED) is 0.761. The summed E-state index contributed by atoms with van der Waals surface area (Å²) in [5.74, 6) is -0.542. The average molecular weight is 350 g/mol. The van der Waals surface area contributed by atoms with Crippen LogP contribution in [-0.4, -0.2) is 21.3 Å². The summed E-state index contributed by atoms with van der Waals surface area (Å²) in [5.41, 5.74) is 1.35. The van der Waals surface area contributed by atoms with Gasteiger partial charge in [-0.3, -0.25) is 19.6 Å². The highest BCUT2D eigenvalue weighted by atomic mass is 16.2. The van der Waals surface area contributed by atoms with Crippen LogP contribution in [0.25, 0.3) is 5.69 Å². The number of carbonyl (C=O) groups excluding carboxylic acids is 2. The van der Waals surface area contributed by atoms with Crippen LogP contribution in [0.1, 0.15) is 16.1 Å². The number of imide groups is 1. The number of nitrogens with one attached hydrogen (secondary N) is 2. The molecule has 0 radical (unpaired) electrons. The van der Waals surface area contributed by atoms with Crippen LogP contribution in [-0.2, 0) is 7.05 Å². The number of rotatable bonds is 3. The number of hydrogen-bond acceptors (Lipinski definition) is 3. The second-order valence-electron chi connectivity index (χ2n) is 5.71. The van der Waals surface area contributed by atoms with Crippen molar-refractivity contribution in [2.75, 3.05) is 5.32 Å². The summed E-state index contributed by atoms with van der Waals surface area (Å²) in [6.45, 7) is 1.72. The standard InChI is InChI=1S/C19H18N4O3/c1-13-16(18(25)23(22(13)2)15-11-7-4-8-12-15)20-19(26)21-17(24)14-9-5-3-6-10-14/h3-12H,1-2H3,(H2,20,21,24,26). The van der Waals surface area contributed by atoms with Crippen molar-refractivity contribution >= 4 is 17.6 Å². The zero-order chi connectivity index (χ0) is 18.7. The molecule has 1 aromatic heterocycles. The summed E-state index contributed by atoms with van der Waals surface area (Å²) in [6, 6.07) is 16.7. The molecule has 0 spiro atoms. The van der Waals surface area contributed by atoms with E-state index in [0.29, 0.717) is 16.9 Å². The van der Waals surface area contributed by atoms with Gasteiger partial charge in [-0.25, -0.2) is 9.48 Å². The van der Waals surface area contributed by atoms with Gasteiger partial charge in [0.2, 0.25) is 0 Å². The normalized spacial score (nSPS) is 10.4. The fourth-order valence-corrected chi connectivity index (χ4v) is 2.62. The van der Waals surface area contributed by atoms with Crippen molar-refractivity contribution in [2.45, 2.75) is 6.92 Å². The summed E-state index contributed by atoms with van der Waals surface area (Å²) < 4.78 is 3.09. The predicted molar refractivity (Wildman–Crippen MR) is 98.7 cm³/mol. The lowest BCUT2D eigenvalue weighted by molar-refractivity contribution is 0.0967. The van der Waals surface area contributed by atoms with Crippen LogP contribution in [0.3, 0.4) is 0 Å². The Morgan fingerprint density at radius 2 is 1.50 bits per heavy atom. The number of benzene rings is 2. The van der Waals surface area contributed by atoms with Crippen LogP contribution < -0.4 is 16.2 Å². The van der Waals surface area contributed by atoms with Gasteiger partial charge < -0.3 is 5.32 Å². The number of urea groups is 1. The highest BCUT2D eigenvalue weighted by molar-refractivity contribution is 6.08. The van der Waals surface area contributed by atoms with Gasteiger partial charge in [0.25, 0.3) is 11.5 Å². The Labute approximate surface area is 149 Å². The lowest BCUT2D eigenvalue weighted by Crippen LogP contribution is -2.35. The first kappa shape index (κ1) is 17.2. The summed E-state index contributed by atoms with van der Waals surface area (Å²) in [7, 11) is 1.72. The van der Waals surface area contributed by atoms with Crippen LogP contribution in [0.5, 0.6) is 0 Å². The summed E-state index contributed by atoms with van der Waals surface area (Å²) in [4.78, 5) is 36.9. The molecule has 7 nitrogen and oxygen atoms in total. The molecule has 26 heavy (non-hydrogen) atoms. The third-order valence-electron chi connectivity index (χ3n) is 4.06. The summed E-state index contributed by atoms with van der Waals surface area (Å²) in [5, 5.41) is 4.71. The lowest BCUT2D eigenvalue weighted by Gasteiger charge is -2.07. The van der Waals surface area contributed by atoms with Gasteiger partial charge in [-0.1, -0.05) is 36.4 Å². The topological polar surface area (TPSA) is 85.1 Å². The molecule has 3 rings (SSSR count). The molecule has 0 unspecified atom stereocenters. The number of amides is 3. The molecule has 0 aliphatic carbocycles. The number of aromatic nitrogens is 2. The molecule has 132 valence electrons. The Morgan fingerprint density at radius 3 is 2.12 bits per heavy atom. The van der Waals surface area contributed by atoms with Crippen LogP contribution in [0.2, 0.25) is 0 Å². The van der Waals surface area contributed by atoms with Crippen LogP contribution in [0.15, 0.2) is 65.5 Å². The molecule has 0 aliphatic rings. The van der Waals surface area contributed by atoms with Gasteiger partial charge in [-0.05, 0) is 31.2 Å². The predicted octanol–water partition coefficient (Wildman–Crippen LogP) is 2.45. The molecule has 3 amide bonds. The van der Waals surface area contributed by atoms with E-state index in [4.69, 9.17) is 0 Å². The average Bonchev–Trinajstić information content (AvgIpc) is 2.86. The van der Waals surface area contributed by atoms with Crippen molar-refractivity contribution in [3.63, 3.8) is 0 Å². The van der Waals surface area contributed by atoms with E-state index in [1.807, 2.05) is 18.2 Å². The molecule has 0 saturated heterocycles. The van der Waals surface area contributed by atoms with Gasteiger partial charge >= 0.3 is 6.03 Å². The van der Waals surface area contributed by atoms with E-state index in [9.17, 15) is 14.4 Å². The molecular formula is C19H18N4O3. The fraction of sp³-hybridized carbons (Fsp3) is 0.105. The van der Waals surface area contributed by atoms with Crippen molar-refractivity contribution in [3.8, 4) is 5.69 Å². The molecule has 0 fully saturated rings. The Bertz CT molecular complexity index is 1000. The molecule has 3 aromatic rings. The number of nitrogens with zero attached hydrogens (tertiary/aromatic N) is 2. The van der Waals surface area contributed by atoms with Crippen LogP contribution in [0.4, 0.5) is 10.5 Å². The zero-order valence-electron chi connectivity index (χ0n) is 14.4. The maximum absolute atomic E-state index is 12.7. The Balaban J connectivity index is 1.83. The van der Waals surface area contributed by atoms with E-state index in [0.717, 1.165) is 0 Å². The van der Waals surface area contributed by atoms with Gasteiger partial charge in [0.15, 0.2) is 0 Å². The van der Waals surface area contributed by atoms with Crippen molar-refractivity contribution in [2.24, 2.45) is 7.05 Å². The van der Waals surface area contributed by atoms with E-state index in [1.54, 1.807) is 61.1 Å². The summed E-state index contributed by atoms with van der Waals surface area (Å²) in [6.07, 6.45) is 0. The number of carbonyl (C=O) groups is 2. The Hall–Kier alpha value is -3.61. The number of hydrogen-bond donors (Lipinski definition) is 2. The van der Waals surface area contributed by atoms with Crippen molar-refractivity contribution < 1.29 is 9.59 Å². The van der Waals surface area contributed by atoms with Crippen LogP contribution in [0, 0.1) is 6.92 Å². The first-order valence-electron chi connectivity index (χ1n) is 8.00. The minimum Gasteiger partial charge on any atom is -0.301 e. The third kappa shape index (κ3) is 3.27. The van der Waals surface area contributed by atoms with Gasteiger partial charge in [-0.2, -0.15) is 0 Å². The zero-order valence-corrected chi connectivity index (χ0v) is 14.4. The second kappa shape index (κ2) is 7.10. The first-order chi connectivity index (χ1) is 12.5. The monoisotopic (exact) mass is 350 g/mol. The lowest BCUT2D eigenvalue weighted by atomic mass is 10.2. The highest BCUT2D eigenvalue weighted by Gasteiger charge is 2.19. The molecule has 0 aliphatic heterocycles. The van der Waals surface area contributed by atoms with Crippen molar-refractivity contribution in [1.82, 2.24) is 14.7 Å². The van der Waals surface area contributed by atoms with Crippen molar-refractivity contribution in [3.05, 3.63) is 82.3 Å². The second-order valence-corrected chi connectivity index (χ2v) is 5.71. The van der Waals surface area contributed by atoms with E-state index >= 15 is 0 Å². The minimum atomic E-state index is -0.759. The molecule has 0 bridgehead atoms. The molecule has 7 heteroatoms. The fourth-order valence-electron chi connectivity index (χ4n) is 2.62. The minimum absolute atomic E-state index is 0.120. The number of para-hydroxylation sites is 1. The molecular weight excluding hydrogens is 332 g/mol. The van der Waals surface area contributed by atoms with Gasteiger partial charge in [0.05, 0.1) is 11.4 Å². The number of anilines is 1. The smallest absolute Gasteiger partial charge is 0.301 e. The van der Waals surface area contributed by atoms with Gasteiger partial charge in [0, 0.05) is 12.6 Å². The maximum Gasteiger partial charge on any atom is 0.326 e. The summed E-state index contributed by atoms with van der Waals surface area (Å²) >= 11 is 0. The Kier molecular flexibility index (Phi) is 4.70. The van der Waals surface area contributed by atoms with Crippen molar-refractivity contribution in [1.29, 1.82) is 0 Å². The van der Waals surface area contributed by atoms with E-state index in [-0.39, 0.29) is 11.2 Å². The van der Waals surface area contributed by atoms with Gasteiger partial charge in [-0.15, -0.1) is 0 Å². The van der Waals surface area contributed by atoms with Crippen LogP contribution >= 0.6 is 0 Å². The molecule has 2 N–H and O–H groups in total. The SMILES string of the molecule is Cc1c(NC(=O)NC(=O)c2ccccc2)c(=O)n(-c2ccccc2)n1C. The third-order valence-corrected chi connectivity index (χ3v) is 4.06. The van der Waals surface area contributed by atoms with E-state index < -0.39 is 11.9 Å². The Morgan fingerprint density at radius 1 is 0.923 bits per heavy atom. The van der Waals surface area contributed by atoms with Gasteiger partial charge in [0.1, 0.15) is 5.69 Å². The highest BCUT2D eigenvalue weighted by Crippen LogP contribution is 2.13. The molecule has 2 aromatic carbocycles.